The number of carbonyl (C=O) groups is 1. The van der Waals surface area contributed by atoms with Gasteiger partial charge in [0.15, 0.2) is 0 Å². The van der Waals surface area contributed by atoms with Crippen molar-refractivity contribution in [1.82, 2.24) is 0 Å². The summed E-state index contributed by atoms with van der Waals surface area (Å²) in [5, 5.41) is 9.70. The first-order valence-electron chi connectivity index (χ1n) is 6.58. The van der Waals surface area contributed by atoms with Gasteiger partial charge < -0.3 is 5.11 Å². The lowest BCUT2D eigenvalue weighted by molar-refractivity contribution is -0.152. The summed E-state index contributed by atoms with van der Waals surface area (Å²) in [6.45, 7) is 0. The molecule has 0 saturated heterocycles. The number of aliphatic carboxylic acids is 1. The maximum absolute atomic E-state index is 11.8. The van der Waals surface area contributed by atoms with Crippen LogP contribution in [0.2, 0.25) is 0 Å². The smallest absolute Gasteiger partial charge is 0.310 e. The monoisotopic (exact) mass is 356 g/mol. The van der Waals surface area contributed by atoms with Crippen LogP contribution < -0.4 is 0 Å². The van der Waals surface area contributed by atoms with E-state index in [1.54, 1.807) is 0 Å². The summed E-state index contributed by atoms with van der Waals surface area (Å²) in [7, 11) is 0. The van der Waals surface area contributed by atoms with Gasteiger partial charge in [0.2, 0.25) is 0 Å². The van der Waals surface area contributed by atoms with Crippen LogP contribution in [0.1, 0.15) is 31.2 Å². The third-order valence-electron chi connectivity index (χ3n) is 4.83. The molecule has 0 radical (unpaired) electrons. The van der Waals surface area contributed by atoms with Crippen LogP contribution in [-0.4, -0.2) is 11.1 Å². The van der Waals surface area contributed by atoms with Gasteiger partial charge in [-0.2, -0.15) is 0 Å². The molecule has 2 fully saturated rings. The van der Waals surface area contributed by atoms with E-state index in [9.17, 15) is 9.90 Å². The number of benzene rings is 1. The SMILES string of the molecule is O=C(O)C1(Cc2ccc(I)cc2)CC2CCC1C2. The van der Waals surface area contributed by atoms with Crippen LogP contribution in [0.25, 0.3) is 0 Å². The van der Waals surface area contributed by atoms with E-state index in [0.29, 0.717) is 18.3 Å². The molecule has 2 aliphatic rings. The van der Waals surface area contributed by atoms with Gasteiger partial charge in [-0.3, -0.25) is 4.79 Å². The van der Waals surface area contributed by atoms with Crippen LogP contribution in [0.4, 0.5) is 0 Å². The Bertz CT molecular complexity index is 468. The minimum Gasteiger partial charge on any atom is -0.481 e. The molecule has 2 saturated carbocycles. The Morgan fingerprint density at radius 2 is 2.06 bits per heavy atom. The Hall–Kier alpha value is -0.580. The molecular weight excluding hydrogens is 339 g/mol. The summed E-state index contributed by atoms with van der Waals surface area (Å²) in [5.41, 5.74) is 0.695. The van der Waals surface area contributed by atoms with E-state index in [2.05, 4.69) is 46.9 Å². The van der Waals surface area contributed by atoms with Crippen LogP contribution in [0.15, 0.2) is 24.3 Å². The highest BCUT2D eigenvalue weighted by Gasteiger charge is 2.55. The number of carboxylic acid groups (broad SMARTS) is 1. The topological polar surface area (TPSA) is 37.3 Å². The molecule has 2 aliphatic carbocycles. The van der Waals surface area contributed by atoms with Crippen molar-refractivity contribution in [1.29, 1.82) is 0 Å². The molecule has 1 aromatic rings. The number of fused-ring (bicyclic) bond motifs is 2. The minimum atomic E-state index is -0.576. The highest BCUT2D eigenvalue weighted by molar-refractivity contribution is 14.1. The van der Waals surface area contributed by atoms with Gasteiger partial charge >= 0.3 is 5.97 Å². The van der Waals surface area contributed by atoms with Gasteiger partial charge in [-0.15, -0.1) is 0 Å². The zero-order chi connectivity index (χ0) is 12.8. The average Bonchev–Trinajstić information content (AvgIpc) is 2.93. The average molecular weight is 356 g/mol. The zero-order valence-corrected chi connectivity index (χ0v) is 12.4. The fourth-order valence-corrected chi connectivity index (χ4v) is 4.32. The van der Waals surface area contributed by atoms with E-state index in [1.807, 2.05) is 0 Å². The van der Waals surface area contributed by atoms with Crippen LogP contribution in [0.5, 0.6) is 0 Å². The lowest BCUT2D eigenvalue weighted by Gasteiger charge is -2.33. The predicted octanol–water partition coefficient (Wildman–Crippen LogP) is 3.72. The number of hydrogen-bond donors (Lipinski definition) is 1. The molecule has 3 heteroatoms. The zero-order valence-electron chi connectivity index (χ0n) is 10.2. The van der Waals surface area contributed by atoms with E-state index in [1.165, 1.54) is 15.6 Å². The van der Waals surface area contributed by atoms with E-state index >= 15 is 0 Å². The highest BCUT2D eigenvalue weighted by Crippen LogP contribution is 2.57. The van der Waals surface area contributed by atoms with Crippen molar-refractivity contribution in [3.63, 3.8) is 0 Å². The maximum atomic E-state index is 11.8. The van der Waals surface area contributed by atoms with Gasteiger partial charge in [0.1, 0.15) is 0 Å². The van der Waals surface area contributed by atoms with Crippen LogP contribution in [-0.2, 0) is 11.2 Å². The summed E-state index contributed by atoms with van der Waals surface area (Å²) >= 11 is 2.28. The van der Waals surface area contributed by atoms with Crippen molar-refractivity contribution in [2.75, 3.05) is 0 Å². The number of carboxylic acids is 1. The molecule has 3 rings (SSSR count). The maximum Gasteiger partial charge on any atom is 0.310 e. The third kappa shape index (κ3) is 1.96. The van der Waals surface area contributed by atoms with Gasteiger partial charge in [-0.05, 0) is 77.8 Å². The Balaban J connectivity index is 1.88. The molecule has 96 valence electrons. The van der Waals surface area contributed by atoms with Gasteiger partial charge in [0, 0.05) is 3.57 Å². The van der Waals surface area contributed by atoms with Crippen molar-refractivity contribution in [3.8, 4) is 0 Å². The third-order valence-corrected chi connectivity index (χ3v) is 5.55. The quantitative estimate of drug-likeness (QED) is 0.839. The fourth-order valence-electron chi connectivity index (χ4n) is 3.96. The van der Waals surface area contributed by atoms with Crippen molar-refractivity contribution in [3.05, 3.63) is 33.4 Å². The molecule has 2 nitrogen and oxygen atoms in total. The normalized spacial score (nSPS) is 33.8. The van der Waals surface area contributed by atoms with E-state index in [-0.39, 0.29) is 0 Å². The largest absolute Gasteiger partial charge is 0.481 e. The molecule has 18 heavy (non-hydrogen) atoms. The Labute approximate surface area is 121 Å². The minimum absolute atomic E-state index is 0.402. The van der Waals surface area contributed by atoms with Crippen LogP contribution >= 0.6 is 22.6 Å². The van der Waals surface area contributed by atoms with Crippen molar-refractivity contribution >= 4 is 28.6 Å². The van der Waals surface area contributed by atoms with Crippen LogP contribution in [0.3, 0.4) is 0 Å². The van der Waals surface area contributed by atoms with Gasteiger partial charge in [0.25, 0.3) is 0 Å². The fraction of sp³-hybridized carbons (Fsp3) is 0.533. The first kappa shape index (κ1) is 12.5. The first-order chi connectivity index (χ1) is 8.60. The second kappa shape index (κ2) is 4.51. The second-order valence-electron chi connectivity index (χ2n) is 5.84. The summed E-state index contributed by atoms with van der Waals surface area (Å²) in [4.78, 5) is 11.8. The van der Waals surface area contributed by atoms with Gasteiger partial charge in [0.05, 0.1) is 5.41 Å². The molecule has 0 amide bonds. The summed E-state index contributed by atoms with van der Waals surface area (Å²) in [5.74, 6) is 0.488. The molecule has 0 spiro atoms. The van der Waals surface area contributed by atoms with Gasteiger partial charge in [-0.1, -0.05) is 18.6 Å². The standard InChI is InChI=1S/C15H17IO2/c16-13-5-2-10(3-6-13)8-15(14(17)18)9-11-1-4-12(15)7-11/h2-3,5-6,11-12H,1,4,7-9H2,(H,17,18). The molecule has 3 unspecified atom stereocenters. The number of halogens is 1. The second-order valence-corrected chi connectivity index (χ2v) is 7.09. The summed E-state index contributed by atoms with van der Waals surface area (Å²) in [6, 6.07) is 8.30. The lowest BCUT2D eigenvalue weighted by atomic mass is 9.69. The molecule has 3 atom stereocenters. The van der Waals surface area contributed by atoms with Crippen molar-refractivity contribution in [2.24, 2.45) is 17.3 Å². The summed E-state index contributed by atoms with van der Waals surface area (Å²) < 4.78 is 1.20. The number of hydrogen-bond acceptors (Lipinski definition) is 1. The van der Waals surface area contributed by atoms with E-state index in [0.717, 1.165) is 19.3 Å². The molecule has 0 aromatic heterocycles. The lowest BCUT2D eigenvalue weighted by Crippen LogP contribution is -2.38. The molecule has 2 bridgehead atoms. The van der Waals surface area contributed by atoms with Crippen molar-refractivity contribution in [2.45, 2.75) is 32.1 Å². The van der Waals surface area contributed by atoms with Crippen molar-refractivity contribution < 1.29 is 9.90 Å². The Kier molecular flexibility index (Phi) is 3.12. The first-order valence-corrected chi connectivity index (χ1v) is 7.66. The van der Waals surface area contributed by atoms with E-state index < -0.39 is 11.4 Å². The number of rotatable bonds is 3. The molecular formula is C15H17IO2. The molecule has 1 aromatic carbocycles. The Morgan fingerprint density at radius 1 is 1.33 bits per heavy atom. The Morgan fingerprint density at radius 3 is 2.56 bits per heavy atom. The van der Waals surface area contributed by atoms with E-state index in [4.69, 9.17) is 0 Å². The highest BCUT2D eigenvalue weighted by atomic mass is 127. The molecule has 0 heterocycles. The molecule has 0 aliphatic heterocycles. The molecule has 1 N–H and O–H groups in total. The summed E-state index contributed by atoms with van der Waals surface area (Å²) in [6.07, 6.45) is 5.09. The predicted molar refractivity (Wildman–Crippen MR) is 78.4 cm³/mol. The van der Waals surface area contributed by atoms with Gasteiger partial charge in [-0.25, -0.2) is 0 Å². The van der Waals surface area contributed by atoms with Crippen LogP contribution in [0, 0.1) is 20.8 Å².